The Hall–Kier alpha value is -1.22. The molecular formula is C11H14ClN3. The van der Waals surface area contributed by atoms with Gasteiger partial charge in [-0.1, -0.05) is 11.6 Å². The number of benzene rings is 1. The molecule has 0 saturated heterocycles. The van der Waals surface area contributed by atoms with Gasteiger partial charge in [-0.05, 0) is 38.1 Å². The molecule has 0 aliphatic carbocycles. The Morgan fingerprint density at radius 1 is 1.33 bits per heavy atom. The van der Waals surface area contributed by atoms with Gasteiger partial charge in [0, 0.05) is 10.7 Å². The molecule has 15 heavy (non-hydrogen) atoms. The highest BCUT2D eigenvalue weighted by Crippen LogP contribution is 2.28. The number of halogens is 1. The van der Waals surface area contributed by atoms with Crippen molar-refractivity contribution >= 4 is 23.2 Å². The maximum atomic E-state index is 5.87. The summed E-state index contributed by atoms with van der Waals surface area (Å²) in [7, 11) is 0. The van der Waals surface area contributed by atoms with Crippen LogP contribution in [0.3, 0.4) is 0 Å². The summed E-state index contributed by atoms with van der Waals surface area (Å²) < 4.78 is 0. The summed E-state index contributed by atoms with van der Waals surface area (Å²) in [6.45, 7) is 4.96. The van der Waals surface area contributed by atoms with Crippen LogP contribution in [-0.2, 0) is 0 Å². The average molecular weight is 224 g/mol. The molecule has 1 aliphatic heterocycles. The Kier molecular flexibility index (Phi) is 2.35. The highest BCUT2D eigenvalue weighted by atomic mass is 35.5. The molecule has 1 aromatic carbocycles. The van der Waals surface area contributed by atoms with E-state index in [0.29, 0.717) is 5.96 Å². The van der Waals surface area contributed by atoms with Crippen molar-refractivity contribution in [1.82, 2.24) is 0 Å². The predicted molar refractivity (Wildman–Crippen MR) is 64.5 cm³/mol. The third-order valence-corrected chi connectivity index (χ3v) is 2.80. The van der Waals surface area contributed by atoms with Crippen LogP contribution < -0.4 is 10.6 Å². The minimum atomic E-state index is -0.0576. The van der Waals surface area contributed by atoms with Gasteiger partial charge in [0.2, 0.25) is 0 Å². The van der Waals surface area contributed by atoms with Crippen molar-refractivity contribution in [3.05, 3.63) is 29.3 Å². The first-order valence-corrected chi connectivity index (χ1v) is 5.24. The molecule has 4 heteroatoms. The Labute approximate surface area is 94.5 Å². The average Bonchev–Trinajstić information content (AvgIpc) is 2.43. The number of nitrogens with zero attached hydrogens (tertiary/aromatic N) is 2. The van der Waals surface area contributed by atoms with Gasteiger partial charge in [-0.15, -0.1) is 0 Å². The van der Waals surface area contributed by atoms with Gasteiger partial charge in [-0.3, -0.25) is 4.99 Å². The molecule has 1 aliphatic rings. The molecule has 0 spiro atoms. The molecule has 0 amide bonds. The molecule has 0 aromatic heterocycles. The molecule has 0 bridgehead atoms. The van der Waals surface area contributed by atoms with Gasteiger partial charge in [-0.2, -0.15) is 0 Å². The maximum Gasteiger partial charge on any atom is 0.196 e. The lowest BCUT2D eigenvalue weighted by molar-refractivity contribution is 0.557. The Morgan fingerprint density at radius 3 is 2.40 bits per heavy atom. The molecule has 3 nitrogen and oxygen atoms in total. The van der Waals surface area contributed by atoms with Crippen LogP contribution >= 0.6 is 11.6 Å². The fourth-order valence-electron chi connectivity index (χ4n) is 1.80. The number of rotatable bonds is 1. The van der Waals surface area contributed by atoms with Crippen molar-refractivity contribution in [2.45, 2.75) is 19.4 Å². The van der Waals surface area contributed by atoms with Crippen molar-refractivity contribution in [3.63, 3.8) is 0 Å². The summed E-state index contributed by atoms with van der Waals surface area (Å²) >= 11 is 5.85. The minimum absolute atomic E-state index is 0.0576. The first kappa shape index (κ1) is 10.3. The third kappa shape index (κ3) is 1.79. The molecule has 80 valence electrons. The van der Waals surface area contributed by atoms with Crippen LogP contribution in [-0.4, -0.2) is 18.0 Å². The van der Waals surface area contributed by atoms with Gasteiger partial charge < -0.3 is 10.6 Å². The molecule has 1 heterocycles. The number of aliphatic imine (C=N–C) groups is 1. The number of hydrogen-bond acceptors (Lipinski definition) is 3. The first-order valence-electron chi connectivity index (χ1n) is 4.86. The molecular weight excluding hydrogens is 210 g/mol. The zero-order valence-corrected chi connectivity index (χ0v) is 9.62. The van der Waals surface area contributed by atoms with E-state index in [9.17, 15) is 0 Å². The van der Waals surface area contributed by atoms with Gasteiger partial charge >= 0.3 is 0 Å². The highest BCUT2D eigenvalue weighted by molar-refractivity contribution is 6.30. The van der Waals surface area contributed by atoms with Crippen molar-refractivity contribution < 1.29 is 0 Å². The van der Waals surface area contributed by atoms with Crippen LogP contribution in [0.1, 0.15) is 13.8 Å². The summed E-state index contributed by atoms with van der Waals surface area (Å²) in [5.74, 6) is 0.572. The summed E-state index contributed by atoms with van der Waals surface area (Å²) in [4.78, 5) is 6.29. The molecule has 0 saturated carbocycles. The molecule has 2 rings (SSSR count). The van der Waals surface area contributed by atoms with Crippen LogP contribution in [0.25, 0.3) is 0 Å². The van der Waals surface area contributed by atoms with Crippen LogP contribution in [0.5, 0.6) is 0 Å². The molecule has 0 fully saturated rings. The van der Waals surface area contributed by atoms with Gasteiger partial charge in [0.25, 0.3) is 0 Å². The summed E-state index contributed by atoms with van der Waals surface area (Å²) in [5, 5.41) is 0.728. The number of nitrogens with two attached hydrogens (primary N) is 1. The van der Waals surface area contributed by atoms with Crippen molar-refractivity contribution in [3.8, 4) is 0 Å². The lowest BCUT2D eigenvalue weighted by Crippen LogP contribution is -2.47. The standard InChI is InChI=1S/C11H14ClN3/c1-11(2)7-14-10(13)15(11)9-5-3-8(12)4-6-9/h3-6H,7H2,1-2H3,(H2,13,14). The van der Waals surface area contributed by atoms with E-state index < -0.39 is 0 Å². The van der Waals surface area contributed by atoms with Crippen molar-refractivity contribution in [2.24, 2.45) is 10.7 Å². The smallest absolute Gasteiger partial charge is 0.196 e. The van der Waals surface area contributed by atoms with E-state index in [1.54, 1.807) is 0 Å². The molecule has 2 N–H and O–H groups in total. The monoisotopic (exact) mass is 223 g/mol. The number of anilines is 1. The van der Waals surface area contributed by atoms with Gasteiger partial charge in [0.15, 0.2) is 5.96 Å². The predicted octanol–water partition coefficient (Wildman–Crippen LogP) is 2.25. The number of guanidine groups is 1. The first-order chi connectivity index (χ1) is 7.00. The zero-order chi connectivity index (χ0) is 11.1. The normalized spacial score (nSPS) is 19.1. The SMILES string of the molecule is CC1(C)CN=C(N)N1c1ccc(Cl)cc1. The summed E-state index contributed by atoms with van der Waals surface area (Å²) in [6, 6.07) is 7.63. The van der Waals surface area contributed by atoms with E-state index in [-0.39, 0.29) is 5.54 Å². The van der Waals surface area contributed by atoms with Crippen molar-refractivity contribution in [1.29, 1.82) is 0 Å². The van der Waals surface area contributed by atoms with E-state index in [1.165, 1.54) is 0 Å². The second kappa shape index (κ2) is 3.42. The summed E-state index contributed by atoms with van der Waals surface area (Å²) in [5.41, 5.74) is 6.84. The lowest BCUT2D eigenvalue weighted by atomic mass is 10.0. The Morgan fingerprint density at radius 2 is 1.93 bits per heavy atom. The van der Waals surface area contributed by atoms with Crippen LogP contribution in [0.4, 0.5) is 5.69 Å². The topological polar surface area (TPSA) is 41.6 Å². The second-order valence-electron chi connectivity index (χ2n) is 4.30. The van der Waals surface area contributed by atoms with Crippen LogP contribution in [0, 0.1) is 0 Å². The van der Waals surface area contributed by atoms with Crippen molar-refractivity contribution in [2.75, 3.05) is 11.4 Å². The van der Waals surface area contributed by atoms with Gasteiger partial charge in [0.1, 0.15) is 0 Å². The summed E-state index contributed by atoms with van der Waals surface area (Å²) in [6.07, 6.45) is 0. The fourth-order valence-corrected chi connectivity index (χ4v) is 1.92. The fraction of sp³-hybridized carbons (Fsp3) is 0.364. The van der Waals surface area contributed by atoms with E-state index in [2.05, 4.69) is 18.8 Å². The molecule has 0 atom stereocenters. The molecule has 1 aromatic rings. The lowest BCUT2D eigenvalue weighted by Gasteiger charge is -2.32. The minimum Gasteiger partial charge on any atom is -0.369 e. The van der Waals surface area contributed by atoms with Gasteiger partial charge in [-0.25, -0.2) is 0 Å². The molecule has 0 unspecified atom stereocenters. The second-order valence-corrected chi connectivity index (χ2v) is 4.74. The quantitative estimate of drug-likeness (QED) is 0.794. The highest BCUT2D eigenvalue weighted by Gasteiger charge is 2.34. The van der Waals surface area contributed by atoms with E-state index in [4.69, 9.17) is 17.3 Å². The third-order valence-electron chi connectivity index (χ3n) is 2.55. The molecule has 0 radical (unpaired) electrons. The Balaban J connectivity index is 2.37. The van der Waals surface area contributed by atoms with Gasteiger partial charge in [0.05, 0.1) is 12.1 Å². The maximum absolute atomic E-state index is 5.87. The van der Waals surface area contributed by atoms with Crippen LogP contribution in [0.15, 0.2) is 29.3 Å². The van der Waals surface area contributed by atoms with E-state index >= 15 is 0 Å². The zero-order valence-electron chi connectivity index (χ0n) is 8.87. The number of hydrogen-bond donors (Lipinski definition) is 1. The Bertz CT molecular complexity index is 395. The van der Waals surface area contributed by atoms with Crippen LogP contribution in [0.2, 0.25) is 5.02 Å². The largest absolute Gasteiger partial charge is 0.369 e. The van der Waals surface area contributed by atoms with E-state index in [1.807, 2.05) is 29.2 Å². The van der Waals surface area contributed by atoms with E-state index in [0.717, 1.165) is 17.3 Å².